The van der Waals surface area contributed by atoms with E-state index in [0.717, 1.165) is 23.7 Å². The highest BCUT2D eigenvalue weighted by Gasteiger charge is 2.30. The quantitative estimate of drug-likeness (QED) is 0.410. The van der Waals surface area contributed by atoms with Gasteiger partial charge in [-0.1, -0.05) is 83.1 Å². The molecule has 0 atom stereocenters. The summed E-state index contributed by atoms with van der Waals surface area (Å²) in [5.74, 6) is 4.21. The summed E-state index contributed by atoms with van der Waals surface area (Å²) in [5.41, 5.74) is 3.08. The molecule has 2 aliphatic carbocycles. The smallest absolute Gasteiger partial charge is 0.0276 e. The Bertz CT molecular complexity index is 497. The standard InChI is InChI=1S/C27H44/c1-3-5-7-23-8-10-24(11-9-23)12-13-25-16-20-27(21-17-25)26-18-14-22(6-4-2)15-19-26/h8-11,22,25-27H,3-7,12-21H2,1-2H3/t22-,25-,26-,27-. The summed E-state index contributed by atoms with van der Waals surface area (Å²) in [5, 5.41) is 0. The van der Waals surface area contributed by atoms with Crippen molar-refractivity contribution in [3.8, 4) is 0 Å². The molecule has 0 radical (unpaired) electrons. The summed E-state index contributed by atoms with van der Waals surface area (Å²) in [6.45, 7) is 4.63. The van der Waals surface area contributed by atoms with Crippen LogP contribution >= 0.6 is 0 Å². The van der Waals surface area contributed by atoms with Crippen LogP contribution in [0.15, 0.2) is 24.3 Å². The monoisotopic (exact) mass is 368 g/mol. The molecule has 0 aromatic heterocycles. The average molecular weight is 369 g/mol. The summed E-state index contributed by atoms with van der Waals surface area (Å²) in [6.07, 6.45) is 21.7. The lowest BCUT2D eigenvalue weighted by atomic mass is 9.68. The van der Waals surface area contributed by atoms with Crippen molar-refractivity contribution in [2.24, 2.45) is 23.7 Å². The van der Waals surface area contributed by atoms with E-state index < -0.39 is 0 Å². The van der Waals surface area contributed by atoms with Crippen LogP contribution in [-0.4, -0.2) is 0 Å². The molecule has 1 aromatic rings. The molecule has 2 aliphatic rings. The van der Waals surface area contributed by atoms with Crippen LogP contribution in [0.5, 0.6) is 0 Å². The summed E-state index contributed by atoms with van der Waals surface area (Å²) in [6, 6.07) is 9.53. The number of aryl methyl sites for hydroxylation is 2. The molecule has 152 valence electrons. The Morgan fingerprint density at radius 1 is 0.593 bits per heavy atom. The third-order valence-corrected chi connectivity index (χ3v) is 7.83. The van der Waals surface area contributed by atoms with Crippen LogP contribution in [0.3, 0.4) is 0 Å². The van der Waals surface area contributed by atoms with Gasteiger partial charge in [0.2, 0.25) is 0 Å². The zero-order valence-corrected chi connectivity index (χ0v) is 18.2. The molecule has 0 unspecified atom stereocenters. The molecule has 27 heavy (non-hydrogen) atoms. The van der Waals surface area contributed by atoms with Gasteiger partial charge < -0.3 is 0 Å². The first-order valence-electron chi connectivity index (χ1n) is 12.4. The van der Waals surface area contributed by atoms with E-state index >= 15 is 0 Å². The minimum atomic E-state index is 0.998. The van der Waals surface area contributed by atoms with Crippen LogP contribution in [-0.2, 0) is 12.8 Å². The van der Waals surface area contributed by atoms with Crippen molar-refractivity contribution in [3.63, 3.8) is 0 Å². The predicted molar refractivity (Wildman–Crippen MR) is 119 cm³/mol. The Balaban J connectivity index is 1.34. The number of rotatable bonds is 9. The summed E-state index contributed by atoms with van der Waals surface area (Å²) in [4.78, 5) is 0. The van der Waals surface area contributed by atoms with Gasteiger partial charge in [0.25, 0.3) is 0 Å². The molecular formula is C27H44. The number of unbranched alkanes of at least 4 members (excludes halogenated alkanes) is 1. The molecule has 0 N–H and O–H groups in total. The van der Waals surface area contributed by atoms with Gasteiger partial charge >= 0.3 is 0 Å². The first kappa shape index (κ1) is 20.9. The number of hydrogen-bond acceptors (Lipinski definition) is 0. The Labute approximate surface area is 169 Å². The van der Waals surface area contributed by atoms with E-state index in [1.165, 1.54) is 89.0 Å². The van der Waals surface area contributed by atoms with Crippen LogP contribution < -0.4 is 0 Å². The van der Waals surface area contributed by atoms with Crippen LogP contribution in [0.2, 0.25) is 0 Å². The van der Waals surface area contributed by atoms with Crippen molar-refractivity contribution < 1.29 is 0 Å². The fraction of sp³-hybridized carbons (Fsp3) is 0.778. The predicted octanol–water partition coefficient (Wildman–Crippen LogP) is 8.37. The number of benzene rings is 1. The van der Waals surface area contributed by atoms with E-state index in [-0.39, 0.29) is 0 Å². The summed E-state index contributed by atoms with van der Waals surface area (Å²) >= 11 is 0. The van der Waals surface area contributed by atoms with Crippen LogP contribution in [0.4, 0.5) is 0 Å². The van der Waals surface area contributed by atoms with Crippen molar-refractivity contribution in [3.05, 3.63) is 35.4 Å². The second-order valence-electron chi connectivity index (χ2n) is 9.81. The van der Waals surface area contributed by atoms with E-state index in [9.17, 15) is 0 Å². The highest BCUT2D eigenvalue weighted by molar-refractivity contribution is 5.22. The van der Waals surface area contributed by atoms with Crippen molar-refractivity contribution in [1.82, 2.24) is 0 Å². The minimum absolute atomic E-state index is 0.998. The van der Waals surface area contributed by atoms with Crippen molar-refractivity contribution in [2.45, 2.75) is 110 Å². The molecule has 0 aliphatic heterocycles. The molecule has 0 amide bonds. The Hall–Kier alpha value is -0.780. The van der Waals surface area contributed by atoms with E-state index in [0.29, 0.717) is 0 Å². The zero-order valence-electron chi connectivity index (χ0n) is 18.2. The van der Waals surface area contributed by atoms with Gasteiger partial charge in [-0.25, -0.2) is 0 Å². The van der Waals surface area contributed by atoms with E-state index in [2.05, 4.69) is 38.1 Å². The molecule has 0 nitrogen and oxygen atoms in total. The molecule has 0 heterocycles. The third kappa shape index (κ3) is 6.65. The zero-order chi connectivity index (χ0) is 18.9. The van der Waals surface area contributed by atoms with Gasteiger partial charge in [-0.3, -0.25) is 0 Å². The van der Waals surface area contributed by atoms with Gasteiger partial charge in [-0.15, -0.1) is 0 Å². The SMILES string of the molecule is CCCCc1ccc(CC[C@H]2CC[C@H]([C@H]3CC[C@H](CCC)CC3)CC2)cc1. The Morgan fingerprint density at radius 2 is 1.07 bits per heavy atom. The van der Waals surface area contributed by atoms with Gasteiger partial charge in [0, 0.05) is 0 Å². The van der Waals surface area contributed by atoms with Crippen molar-refractivity contribution in [1.29, 1.82) is 0 Å². The molecule has 3 rings (SSSR count). The molecule has 1 aromatic carbocycles. The van der Waals surface area contributed by atoms with Crippen LogP contribution in [0, 0.1) is 23.7 Å². The number of hydrogen-bond donors (Lipinski definition) is 0. The first-order valence-corrected chi connectivity index (χ1v) is 12.4. The Kier molecular flexibility index (Phi) is 8.75. The largest absolute Gasteiger partial charge is 0.0654 e. The van der Waals surface area contributed by atoms with Crippen LogP contribution in [0.25, 0.3) is 0 Å². The maximum Gasteiger partial charge on any atom is -0.0276 e. The lowest BCUT2D eigenvalue weighted by molar-refractivity contribution is 0.141. The highest BCUT2D eigenvalue weighted by Crippen LogP contribution is 2.42. The average Bonchev–Trinajstić information content (AvgIpc) is 2.73. The van der Waals surface area contributed by atoms with Gasteiger partial charge in [0.1, 0.15) is 0 Å². The van der Waals surface area contributed by atoms with Gasteiger partial charge in [-0.2, -0.15) is 0 Å². The maximum atomic E-state index is 2.39. The molecule has 2 saturated carbocycles. The fourth-order valence-corrected chi connectivity index (χ4v) is 5.93. The fourth-order valence-electron chi connectivity index (χ4n) is 5.93. The second-order valence-corrected chi connectivity index (χ2v) is 9.81. The molecule has 0 spiro atoms. The lowest BCUT2D eigenvalue weighted by Gasteiger charge is -2.38. The van der Waals surface area contributed by atoms with E-state index in [1.807, 2.05) is 0 Å². The van der Waals surface area contributed by atoms with Crippen molar-refractivity contribution >= 4 is 0 Å². The van der Waals surface area contributed by atoms with Gasteiger partial charge in [-0.05, 0) is 86.2 Å². The molecule has 0 heteroatoms. The maximum absolute atomic E-state index is 2.39. The van der Waals surface area contributed by atoms with E-state index in [1.54, 1.807) is 18.4 Å². The normalized spacial score (nSPS) is 29.0. The first-order chi connectivity index (χ1) is 13.3. The van der Waals surface area contributed by atoms with E-state index in [4.69, 9.17) is 0 Å². The molecule has 2 fully saturated rings. The molecule has 0 saturated heterocycles. The van der Waals surface area contributed by atoms with Crippen LogP contribution in [0.1, 0.15) is 108 Å². The highest BCUT2D eigenvalue weighted by atomic mass is 14.4. The second kappa shape index (κ2) is 11.3. The summed E-state index contributed by atoms with van der Waals surface area (Å²) < 4.78 is 0. The van der Waals surface area contributed by atoms with Gasteiger partial charge in [0.05, 0.1) is 0 Å². The minimum Gasteiger partial charge on any atom is -0.0654 e. The summed E-state index contributed by atoms with van der Waals surface area (Å²) in [7, 11) is 0. The molecule has 0 bridgehead atoms. The molecular weight excluding hydrogens is 324 g/mol. The topological polar surface area (TPSA) is 0 Å². The third-order valence-electron chi connectivity index (χ3n) is 7.83. The van der Waals surface area contributed by atoms with Crippen molar-refractivity contribution in [2.75, 3.05) is 0 Å². The Morgan fingerprint density at radius 3 is 1.56 bits per heavy atom. The van der Waals surface area contributed by atoms with Gasteiger partial charge in [0.15, 0.2) is 0 Å². The lowest BCUT2D eigenvalue weighted by Crippen LogP contribution is -2.26.